The van der Waals surface area contributed by atoms with Crippen LogP contribution < -0.4 is 15.5 Å². The number of amides is 3. The lowest BCUT2D eigenvalue weighted by Crippen LogP contribution is -2.35. The molecule has 0 aliphatic carbocycles. The SMILES string of the molecule is CCCN1C(=O)CCc2cc(NC(=O)NCCCOC)ccc21. The minimum Gasteiger partial charge on any atom is -0.385 e. The number of ether oxygens (including phenoxy) is 1. The zero-order valence-corrected chi connectivity index (χ0v) is 13.9. The highest BCUT2D eigenvalue weighted by molar-refractivity contribution is 5.97. The largest absolute Gasteiger partial charge is 0.385 e. The van der Waals surface area contributed by atoms with Crippen molar-refractivity contribution in [3.63, 3.8) is 0 Å². The van der Waals surface area contributed by atoms with Crippen molar-refractivity contribution in [1.82, 2.24) is 5.32 Å². The Morgan fingerprint density at radius 3 is 2.91 bits per heavy atom. The Hall–Kier alpha value is -2.08. The van der Waals surface area contributed by atoms with Crippen molar-refractivity contribution in [1.29, 1.82) is 0 Å². The molecule has 1 aromatic carbocycles. The van der Waals surface area contributed by atoms with E-state index in [4.69, 9.17) is 4.74 Å². The number of hydrogen-bond acceptors (Lipinski definition) is 3. The fourth-order valence-electron chi connectivity index (χ4n) is 2.70. The molecule has 1 aromatic rings. The van der Waals surface area contributed by atoms with Crippen LogP contribution in [0.15, 0.2) is 18.2 Å². The van der Waals surface area contributed by atoms with E-state index in [0.29, 0.717) is 19.6 Å². The maximum atomic E-state index is 12.0. The number of nitrogens with one attached hydrogen (secondary N) is 2. The molecule has 0 saturated carbocycles. The van der Waals surface area contributed by atoms with Crippen molar-refractivity contribution < 1.29 is 14.3 Å². The van der Waals surface area contributed by atoms with Gasteiger partial charge in [-0.1, -0.05) is 6.92 Å². The quantitative estimate of drug-likeness (QED) is 0.759. The van der Waals surface area contributed by atoms with Gasteiger partial charge in [-0.3, -0.25) is 4.79 Å². The van der Waals surface area contributed by atoms with Crippen LogP contribution >= 0.6 is 0 Å². The van der Waals surface area contributed by atoms with E-state index in [9.17, 15) is 9.59 Å². The topological polar surface area (TPSA) is 70.7 Å². The van der Waals surface area contributed by atoms with Crippen LogP contribution in [0.4, 0.5) is 16.2 Å². The van der Waals surface area contributed by atoms with Crippen LogP contribution in [0.2, 0.25) is 0 Å². The standard InChI is InChI=1S/C17H25N3O3/c1-3-10-20-15-7-6-14(12-13(15)5-8-16(20)21)19-17(22)18-9-4-11-23-2/h6-7,12H,3-5,8-11H2,1-2H3,(H2,18,19,22). The maximum Gasteiger partial charge on any atom is 0.319 e. The lowest BCUT2D eigenvalue weighted by molar-refractivity contribution is -0.118. The van der Waals surface area contributed by atoms with E-state index in [1.54, 1.807) is 7.11 Å². The third kappa shape index (κ3) is 4.69. The highest BCUT2D eigenvalue weighted by Gasteiger charge is 2.23. The number of hydrogen-bond donors (Lipinski definition) is 2. The predicted molar refractivity (Wildman–Crippen MR) is 90.9 cm³/mol. The summed E-state index contributed by atoms with van der Waals surface area (Å²) in [5.74, 6) is 0.177. The van der Waals surface area contributed by atoms with E-state index in [1.807, 2.05) is 23.1 Å². The molecule has 1 aliphatic heterocycles. The number of methoxy groups -OCH3 is 1. The molecule has 6 heteroatoms. The molecule has 23 heavy (non-hydrogen) atoms. The fourth-order valence-corrected chi connectivity index (χ4v) is 2.70. The molecular formula is C17H25N3O3. The Balaban J connectivity index is 1.98. The van der Waals surface area contributed by atoms with Gasteiger partial charge in [-0.05, 0) is 43.0 Å². The van der Waals surface area contributed by atoms with Crippen molar-refractivity contribution in [3.05, 3.63) is 23.8 Å². The van der Waals surface area contributed by atoms with Crippen molar-refractivity contribution in [3.8, 4) is 0 Å². The van der Waals surface area contributed by atoms with Gasteiger partial charge in [0.1, 0.15) is 0 Å². The van der Waals surface area contributed by atoms with Crippen molar-refractivity contribution >= 4 is 23.3 Å². The first-order valence-corrected chi connectivity index (χ1v) is 8.12. The van der Waals surface area contributed by atoms with Crippen LogP contribution in [0.3, 0.4) is 0 Å². The molecule has 2 rings (SSSR count). The van der Waals surface area contributed by atoms with E-state index in [2.05, 4.69) is 17.6 Å². The van der Waals surface area contributed by atoms with Gasteiger partial charge in [-0.25, -0.2) is 4.79 Å². The first-order chi connectivity index (χ1) is 11.2. The van der Waals surface area contributed by atoms with Gasteiger partial charge in [0.05, 0.1) is 0 Å². The van der Waals surface area contributed by atoms with Crippen molar-refractivity contribution in [2.75, 3.05) is 37.0 Å². The fraction of sp³-hybridized carbons (Fsp3) is 0.529. The molecule has 0 unspecified atom stereocenters. The number of rotatable bonds is 7. The second kappa shape index (κ2) is 8.53. The summed E-state index contributed by atoms with van der Waals surface area (Å²) in [6.07, 6.45) is 2.95. The average Bonchev–Trinajstić information content (AvgIpc) is 2.54. The van der Waals surface area contributed by atoms with Gasteiger partial charge >= 0.3 is 6.03 Å². The van der Waals surface area contributed by atoms with Crippen LogP contribution in [0.25, 0.3) is 0 Å². The Bertz CT molecular complexity index is 560. The van der Waals surface area contributed by atoms with Gasteiger partial charge in [0.15, 0.2) is 0 Å². The summed E-state index contributed by atoms with van der Waals surface area (Å²) in [5, 5.41) is 5.62. The molecule has 2 N–H and O–H groups in total. The van der Waals surface area contributed by atoms with Crippen molar-refractivity contribution in [2.45, 2.75) is 32.6 Å². The van der Waals surface area contributed by atoms with E-state index < -0.39 is 0 Å². The van der Waals surface area contributed by atoms with Gasteiger partial charge < -0.3 is 20.3 Å². The van der Waals surface area contributed by atoms with Gasteiger partial charge in [0, 0.05) is 44.6 Å². The molecule has 0 spiro atoms. The summed E-state index contributed by atoms with van der Waals surface area (Å²) in [6, 6.07) is 5.50. The zero-order valence-electron chi connectivity index (χ0n) is 13.9. The Morgan fingerprint density at radius 2 is 2.17 bits per heavy atom. The van der Waals surface area contributed by atoms with Gasteiger partial charge in [0.2, 0.25) is 5.91 Å². The van der Waals surface area contributed by atoms with Crippen LogP contribution in [-0.2, 0) is 16.0 Å². The van der Waals surface area contributed by atoms with Crippen LogP contribution in [0.1, 0.15) is 31.7 Å². The van der Waals surface area contributed by atoms with E-state index in [-0.39, 0.29) is 11.9 Å². The minimum absolute atomic E-state index is 0.177. The number of aryl methyl sites for hydroxylation is 1. The van der Waals surface area contributed by atoms with Crippen molar-refractivity contribution in [2.24, 2.45) is 0 Å². The summed E-state index contributed by atoms with van der Waals surface area (Å²) in [7, 11) is 1.64. The third-order valence-corrected chi connectivity index (χ3v) is 3.80. The van der Waals surface area contributed by atoms with E-state index in [0.717, 1.165) is 42.7 Å². The molecule has 3 amide bonds. The summed E-state index contributed by atoms with van der Waals surface area (Å²) in [5.41, 5.74) is 2.82. The molecular weight excluding hydrogens is 294 g/mol. The lowest BCUT2D eigenvalue weighted by Gasteiger charge is -2.29. The lowest BCUT2D eigenvalue weighted by atomic mass is 10.00. The number of fused-ring (bicyclic) bond motifs is 1. The average molecular weight is 319 g/mol. The second-order valence-electron chi connectivity index (χ2n) is 5.62. The summed E-state index contributed by atoms with van der Waals surface area (Å²) < 4.78 is 4.94. The molecule has 0 saturated heterocycles. The Kier molecular flexibility index (Phi) is 6.40. The molecule has 1 heterocycles. The Morgan fingerprint density at radius 1 is 1.35 bits per heavy atom. The molecule has 126 valence electrons. The molecule has 0 radical (unpaired) electrons. The molecule has 1 aliphatic rings. The first kappa shape index (κ1) is 17.3. The molecule has 0 bridgehead atoms. The number of urea groups is 1. The smallest absolute Gasteiger partial charge is 0.319 e. The van der Waals surface area contributed by atoms with Gasteiger partial charge in [0.25, 0.3) is 0 Å². The monoisotopic (exact) mass is 319 g/mol. The number of anilines is 2. The highest BCUT2D eigenvalue weighted by atomic mass is 16.5. The van der Waals surface area contributed by atoms with E-state index >= 15 is 0 Å². The second-order valence-corrected chi connectivity index (χ2v) is 5.62. The highest BCUT2D eigenvalue weighted by Crippen LogP contribution is 2.30. The molecule has 0 fully saturated rings. The first-order valence-electron chi connectivity index (χ1n) is 8.12. The number of nitrogens with zero attached hydrogens (tertiary/aromatic N) is 1. The molecule has 6 nitrogen and oxygen atoms in total. The minimum atomic E-state index is -0.224. The normalized spacial score (nSPS) is 13.7. The van der Waals surface area contributed by atoms with Gasteiger partial charge in [-0.2, -0.15) is 0 Å². The summed E-state index contributed by atoms with van der Waals surface area (Å²) >= 11 is 0. The third-order valence-electron chi connectivity index (χ3n) is 3.80. The van der Waals surface area contributed by atoms with Gasteiger partial charge in [-0.15, -0.1) is 0 Å². The predicted octanol–water partition coefficient (Wildman–Crippen LogP) is 2.53. The number of carbonyl (C=O) groups excluding carboxylic acids is 2. The van der Waals surface area contributed by atoms with Crippen LogP contribution in [0.5, 0.6) is 0 Å². The van der Waals surface area contributed by atoms with Crippen LogP contribution in [-0.4, -0.2) is 38.7 Å². The number of carbonyl (C=O) groups is 2. The maximum absolute atomic E-state index is 12.0. The molecule has 0 aromatic heterocycles. The van der Waals surface area contributed by atoms with E-state index in [1.165, 1.54) is 0 Å². The van der Waals surface area contributed by atoms with Crippen LogP contribution in [0, 0.1) is 0 Å². The Labute approximate surface area is 137 Å². The number of benzene rings is 1. The molecule has 0 atom stereocenters. The summed E-state index contributed by atoms with van der Waals surface area (Å²) in [6.45, 7) is 3.99. The zero-order chi connectivity index (χ0) is 16.7. The summed E-state index contributed by atoms with van der Waals surface area (Å²) in [4.78, 5) is 25.7.